The van der Waals surface area contributed by atoms with Gasteiger partial charge in [0.1, 0.15) is 5.82 Å². The first-order chi connectivity index (χ1) is 9.04. The quantitative estimate of drug-likeness (QED) is 0.896. The highest BCUT2D eigenvalue weighted by Gasteiger charge is 2.29. The van der Waals surface area contributed by atoms with Gasteiger partial charge < -0.3 is 10.2 Å². The van der Waals surface area contributed by atoms with E-state index in [1.807, 2.05) is 0 Å². The smallest absolute Gasteiger partial charge is 0.146 e. The van der Waals surface area contributed by atoms with E-state index in [0.29, 0.717) is 31.5 Å². The summed E-state index contributed by atoms with van der Waals surface area (Å²) in [6.45, 7) is 1.69. The standard InChI is InChI=1S/C14H19ClFNO2/c15-12-4-1-3-11(13(12)16)9-17-7-2-5-14(19,10-18)6-8-17/h1,3-4,18-19H,2,5-10H2/t14-/m1/s1. The molecule has 0 radical (unpaired) electrons. The fourth-order valence-corrected chi connectivity index (χ4v) is 2.66. The first kappa shape index (κ1) is 14.7. The van der Waals surface area contributed by atoms with Crippen molar-refractivity contribution in [1.29, 1.82) is 0 Å². The van der Waals surface area contributed by atoms with Gasteiger partial charge in [-0.2, -0.15) is 0 Å². The number of aliphatic hydroxyl groups is 2. The number of hydrogen-bond donors (Lipinski definition) is 2. The van der Waals surface area contributed by atoms with Crippen molar-refractivity contribution in [3.05, 3.63) is 34.6 Å². The molecule has 3 nitrogen and oxygen atoms in total. The lowest BCUT2D eigenvalue weighted by Crippen LogP contribution is -2.34. The molecule has 0 amide bonds. The molecule has 0 aliphatic carbocycles. The molecule has 19 heavy (non-hydrogen) atoms. The topological polar surface area (TPSA) is 43.7 Å². The second-order valence-corrected chi connectivity index (χ2v) is 5.63. The number of hydrogen-bond acceptors (Lipinski definition) is 3. The van der Waals surface area contributed by atoms with E-state index in [4.69, 9.17) is 11.6 Å². The minimum absolute atomic E-state index is 0.138. The number of likely N-dealkylation sites (tertiary alicyclic amines) is 1. The van der Waals surface area contributed by atoms with Gasteiger partial charge in [-0.25, -0.2) is 4.39 Å². The summed E-state index contributed by atoms with van der Waals surface area (Å²) in [6, 6.07) is 5.00. The van der Waals surface area contributed by atoms with Gasteiger partial charge in [0.15, 0.2) is 0 Å². The molecule has 1 aromatic rings. The van der Waals surface area contributed by atoms with Gasteiger partial charge in [0.05, 0.1) is 17.2 Å². The van der Waals surface area contributed by atoms with E-state index in [1.165, 1.54) is 6.07 Å². The SMILES string of the molecule is OC[C@@]1(O)CCCN(Cc2cccc(Cl)c2F)CC1. The third kappa shape index (κ3) is 3.66. The fraction of sp³-hybridized carbons (Fsp3) is 0.571. The number of halogens is 2. The van der Waals surface area contributed by atoms with Crippen LogP contribution < -0.4 is 0 Å². The Morgan fingerprint density at radius 1 is 1.32 bits per heavy atom. The third-order valence-electron chi connectivity index (χ3n) is 3.73. The number of benzene rings is 1. The highest BCUT2D eigenvalue weighted by atomic mass is 35.5. The van der Waals surface area contributed by atoms with Crippen molar-refractivity contribution in [2.75, 3.05) is 19.7 Å². The molecule has 1 aliphatic rings. The summed E-state index contributed by atoms with van der Waals surface area (Å²) in [7, 11) is 0. The van der Waals surface area contributed by atoms with E-state index < -0.39 is 5.60 Å². The molecule has 1 aromatic carbocycles. The second-order valence-electron chi connectivity index (χ2n) is 5.23. The van der Waals surface area contributed by atoms with Crippen LogP contribution in [0.2, 0.25) is 5.02 Å². The molecule has 1 saturated heterocycles. The molecular weight excluding hydrogens is 269 g/mol. The minimum atomic E-state index is -0.984. The average molecular weight is 288 g/mol. The molecular formula is C14H19ClFNO2. The molecule has 0 spiro atoms. The lowest BCUT2D eigenvalue weighted by Gasteiger charge is -2.24. The van der Waals surface area contributed by atoms with Crippen LogP contribution in [-0.4, -0.2) is 40.4 Å². The molecule has 2 N–H and O–H groups in total. The van der Waals surface area contributed by atoms with Crippen molar-refractivity contribution in [2.24, 2.45) is 0 Å². The molecule has 106 valence electrons. The van der Waals surface area contributed by atoms with Crippen molar-refractivity contribution >= 4 is 11.6 Å². The molecule has 1 atom stereocenters. The van der Waals surface area contributed by atoms with Gasteiger partial charge in [0.2, 0.25) is 0 Å². The van der Waals surface area contributed by atoms with Crippen molar-refractivity contribution in [3.63, 3.8) is 0 Å². The Kier molecular flexibility index (Phi) is 4.79. The monoisotopic (exact) mass is 287 g/mol. The highest BCUT2D eigenvalue weighted by molar-refractivity contribution is 6.30. The van der Waals surface area contributed by atoms with Crippen molar-refractivity contribution in [3.8, 4) is 0 Å². The van der Waals surface area contributed by atoms with Crippen LogP contribution in [0.3, 0.4) is 0 Å². The minimum Gasteiger partial charge on any atom is -0.393 e. The largest absolute Gasteiger partial charge is 0.393 e. The molecule has 5 heteroatoms. The lowest BCUT2D eigenvalue weighted by molar-refractivity contribution is -0.0255. The van der Waals surface area contributed by atoms with Crippen molar-refractivity contribution in [2.45, 2.75) is 31.4 Å². The summed E-state index contributed by atoms with van der Waals surface area (Å²) in [6.07, 6.45) is 1.88. The van der Waals surface area contributed by atoms with E-state index in [1.54, 1.807) is 12.1 Å². The molecule has 0 saturated carbocycles. The van der Waals surface area contributed by atoms with Gasteiger partial charge in [-0.3, -0.25) is 4.90 Å². The average Bonchev–Trinajstić information content (AvgIpc) is 2.58. The van der Waals surface area contributed by atoms with E-state index in [9.17, 15) is 14.6 Å². The Morgan fingerprint density at radius 3 is 2.84 bits per heavy atom. The summed E-state index contributed by atoms with van der Waals surface area (Å²) in [5, 5.41) is 19.4. The van der Waals surface area contributed by atoms with Crippen molar-refractivity contribution in [1.82, 2.24) is 4.90 Å². The van der Waals surface area contributed by atoms with Gasteiger partial charge in [-0.15, -0.1) is 0 Å². The zero-order chi connectivity index (χ0) is 13.9. The Balaban J connectivity index is 2.02. The number of nitrogens with zero attached hydrogens (tertiary/aromatic N) is 1. The van der Waals surface area contributed by atoms with Crippen molar-refractivity contribution < 1.29 is 14.6 Å². The number of rotatable bonds is 3. The molecule has 0 aromatic heterocycles. The highest BCUT2D eigenvalue weighted by Crippen LogP contribution is 2.24. The van der Waals surface area contributed by atoms with Crippen LogP contribution in [0.4, 0.5) is 4.39 Å². The van der Waals surface area contributed by atoms with E-state index in [2.05, 4.69) is 4.90 Å². The summed E-state index contributed by atoms with van der Waals surface area (Å²) in [5.74, 6) is -0.370. The maximum absolute atomic E-state index is 13.8. The zero-order valence-electron chi connectivity index (χ0n) is 10.8. The predicted octanol–water partition coefficient (Wildman–Crippen LogP) is 2.19. The Bertz CT molecular complexity index is 443. The Hall–Kier alpha value is -0.680. The summed E-state index contributed by atoms with van der Waals surface area (Å²) < 4.78 is 13.8. The normalized spacial score (nSPS) is 25.3. The maximum atomic E-state index is 13.8. The van der Waals surface area contributed by atoms with Crippen LogP contribution in [0.15, 0.2) is 18.2 Å². The van der Waals surface area contributed by atoms with Gasteiger partial charge in [-0.1, -0.05) is 23.7 Å². The molecule has 0 unspecified atom stereocenters. The molecule has 0 bridgehead atoms. The summed E-state index contributed by atoms with van der Waals surface area (Å²) in [4.78, 5) is 2.09. The fourth-order valence-electron chi connectivity index (χ4n) is 2.46. The van der Waals surface area contributed by atoms with E-state index >= 15 is 0 Å². The molecule has 1 aliphatic heterocycles. The van der Waals surface area contributed by atoms with Gasteiger partial charge in [0, 0.05) is 18.7 Å². The van der Waals surface area contributed by atoms with E-state index in [0.717, 1.165) is 13.0 Å². The van der Waals surface area contributed by atoms with Gasteiger partial charge >= 0.3 is 0 Å². The summed E-state index contributed by atoms with van der Waals surface area (Å²) in [5.41, 5.74) is -0.413. The van der Waals surface area contributed by atoms with Gasteiger partial charge in [-0.05, 0) is 31.9 Å². The van der Waals surface area contributed by atoms with Crippen LogP contribution in [0, 0.1) is 5.82 Å². The molecule has 1 heterocycles. The first-order valence-corrected chi connectivity index (χ1v) is 6.90. The zero-order valence-corrected chi connectivity index (χ0v) is 11.5. The predicted molar refractivity (Wildman–Crippen MR) is 72.6 cm³/mol. The summed E-state index contributed by atoms with van der Waals surface area (Å²) >= 11 is 5.76. The van der Waals surface area contributed by atoms with E-state index in [-0.39, 0.29) is 17.4 Å². The molecule has 1 fully saturated rings. The number of aliphatic hydroxyl groups excluding tert-OH is 1. The lowest BCUT2D eigenvalue weighted by atomic mass is 9.96. The first-order valence-electron chi connectivity index (χ1n) is 6.52. The Labute approximate surface area is 117 Å². The van der Waals surface area contributed by atoms with Gasteiger partial charge in [0.25, 0.3) is 0 Å². The second kappa shape index (κ2) is 6.18. The van der Waals surface area contributed by atoms with Crippen LogP contribution in [0.25, 0.3) is 0 Å². The van der Waals surface area contributed by atoms with Crippen LogP contribution in [-0.2, 0) is 6.54 Å². The maximum Gasteiger partial charge on any atom is 0.146 e. The molecule has 2 rings (SSSR count). The van der Waals surface area contributed by atoms with Crippen LogP contribution in [0.5, 0.6) is 0 Å². The van der Waals surface area contributed by atoms with Crippen LogP contribution in [0.1, 0.15) is 24.8 Å². The Morgan fingerprint density at radius 2 is 2.11 bits per heavy atom. The van der Waals surface area contributed by atoms with Crippen LogP contribution >= 0.6 is 11.6 Å². The third-order valence-corrected chi connectivity index (χ3v) is 4.02.